The van der Waals surface area contributed by atoms with Crippen molar-refractivity contribution in [1.82, 2.24) is 20.3 Å². The molecule has 1 aromatic carbocycles. The molecule has 8 nitrogen and oxygen atoms in total. The van der Waals surface area contributed by atoms with E-state index in [0.29, 0.717) is 36.8 Å². The van der Waals surface area contributed by atoms with E-state index < -0.39 is 6.10 Å². The van der Waals surface area contributed by atoms with Gasteiger partial charge in [0.05, 0.1) is 11.7 Å². The molecule has 4 atom stereocenters. The average Bonchev–Trinajstić information content (AvgIpc) is 3.06. The number of benzene rings is 1. The first-order valence-electron chi connectivity index (χ1n) is 10.1. The zero-order valence-corrected chi connectivity index (χ0v) is 16.4. The van der Waals surface area contributed by atoms with E-state index >= 15 is 0 Å². The second kappa shape index (κ2) is 7.14. The molecule has 2 aliphatic rings. The first-order valence-corrected chi connectivity index (χ1v) is 10.1. The SMILES string of the molecule is Nc1cc(N2C[C@@H](O)[C@@]3(C2)[C@H](CNC(=O)c2cc[nH]c2)[C@H]3c2ccccc2)ncn1. The number of nitrogen functional groups attached to an aromatic ring is 1. The molecule has 0 unspecified atom stereocenters. The first kappa shape index (κ1) is 18.6. The van der Waals surface area contributed by atoms with Gasteiger partial charge in [-0.1, -0.05) is 30.3 Å². The maximum atomic E-state index is 12.5. The number of hydrogen-bond donors (Lipinski definition) is 4. The van der Waals surface area contributed by atoms with Gasteiger partial charge in [0.1, 0.15) is 18.0 Å². The minimum absolute atomic E-state index is 0.113. The number of aromatic nitrogens is 3. The Hall–Kier alpha value is -3.39. The quantitative estimate of drug-likeness (QED) is 0.510. The van der Waals surface area contributed by atoms with Crippen molar-refractivity contribution in [1.29, 1.82) is 0 Å². The molecule has 1 aliphatic carbocycles. The average molecular weight is 404 g/mol. The summed E-state index contributed by atoms with van der Waals surface area (Å²) < 4.78 is 0. The molecule has 0 bridgehead atoms. The normalized spacial score (nSPS) is 27.4. The zero-order valence-electron chi connectivity index (χ0n) is 16.4. The summed E-state index contributed by atoms with van der Waals surface area (Å²) >= 11 is 0. The van der Waals surface area contributed by atoms with Crippen LogP contribution in [0.2, 0.25) is 0 Å². The number of rotatable bonds is 5. The molecule has 2 fully saturated rings. The summed E-state index contributed by atoms with van der Waals surface area (Å²) in [4.78, 5) is 25.7. The summed E-state index contributed by atoms with van der Waals surface area (Å²) in [6, 6.07) is 13.7. The van der Waals surface area contributed by atoms with Crippen molar-refractivity contribution in [3.8, 4) is 0 Å². The van der Waals surface area contributed by atoms with Crippen molar-refractivity contribution in [3.05, 3.63) is 72.3 Å². The van der Waals surface area contributed by atoms with Crippen LogP contribution in [0.1, 0.15) is 21.8 Å². The van der Waals surface area contributed by atoms with Gasteiger partial charge in [-0.2, -0.15) is 0 Å². The monoisotopic (exact) mass is 404 g/mol. The fourth-order valence-electron chi connectivity index (χ4n) is 5.08. The molecule has 1 saturated carbocycles. The molecule has 30 heavy (non-hydrogen) atoms. The van der Waals surface area contributed by atoms with Crippen molar-refractivity contribution in [2.75, 3.05) is 30.3 Å². The standard InChI is InChI=1S/C22H24N6O2/c23-18-8-19(27-13-26-18)28-11-17(29)22(12-28)16(20(22)14-4-2-1-3-5-14)10-25-21(30)15-6-7-24-9-15/h1-9,13,16-17,20,24,29H,10-12H2,(H,25,30)(H2,23,26,27)/t16-,17-,20-,22-/m1/s1. The number of aliphatic hydroxyl groups excluding tert-OH is 1. The third kappa shape index (κ3) is 3.00. The smallest absolute Gasteiger partial charge is 0.252 e. The second-order valence-corrected chi connectivity index (χ2v) is 8.11. The van der Waals surface area contributed by atoms with Gasteiger partial charge in [-0.3, -0.25) is 4.79 Å². The molecule has 2 aromatic heterocycles. The molecule has 154 valence electrons. The molecule has 1 saturated heterocycles. The fourth-order valence-corrected chi connectivity index (χ4v) is 5.08. The van der Waals surface area contributed by atoms with Crippen LogP contribution in [-0.4, -0.2) is 51.7 Å². The topological polar surface area (TPSA) is 120 Å². The Bertz CT molecular complexity index is 1040. The van der Waals surface area contributed by atoms with Crippen LogP contribution in [0, 0.1) is 11.3 Å². The Labute approximate surface area is 174 Å². The summed E-state index contributed by atoms with van der Waals surface area (Å²) in [5.41, 5.74) is 7.27. The van der Waals surface area contributed by atoms with Crippen molar-refractivity contribution in [3.63, 3.8) is 0 Å². The lowest BCUT2D eigenvalue weighted by atomic mass is 9.95. The van der Waals surface area contributed by atoms with Crippen LogP contribution in [0.15, 0.2) is 61.2 Å². The molecule has 1 spiro atoms. The molecule has 0 radical (unpaired) electrons. The van der Waals surface area contributed by atoms with E-state index in [9.17, 15) is 9.90 Å². The number of hydrogen-bond acceptors (Lipinski definition) is 6. The van der Waals surface area contributed by atoms with E-state index in [1.807, 2.05) is 18.2 Å². The highest BCUT2D eigenvalue weighted by Crippen LogP contribution is 2.68. The highest BCUT2D eigenvalue weighted by Gasteiger charge is 2.71. The van der Waals surface area contributed by atoms with Gasteiger partial charge in [0, 0.05) is 43.5 Å². The van der Waals surface area contributed by atoms with Gasteiger partial charge in [-0.25, -0.2) is 9.97 Å². The van der Waals surface area contributed by atoms with Crippen LogP contribution < -0.4 is 16.0 Å². The Morgan fingerprint density at radius 1 is 1.30 bits per heavy atom. The van der Waals surface area contributed by atoms with Crippen molar-refractivity contribution in [2.24, 2.45) is 11.3 Å². The van der Waals surface area contributed by atoms with Crippen molar-refractivity contribution in [2.45, 2.75) is 12.0 Å². The number of amides is 1. The number of nitrogens with zero attached hydrogens (tertiary/aromatic N) is 3. The Morgan fingerprint density at radius 2 is 2.13 bits per heavy atom. The van der Waals surface area contributed by atoms with Gasteiger partial charge in [0.25, 0.3) is 5.91 Å². The molecular formula is C22H24N6O2. The summed E-state index contributed by atoms with van der Waals surface area (Å²) in [6.07, 6.45) is 4.32. The van der Waals surface area contributed by atoms with E-state index in [4.69, 9.17) is 5.73 Å². The minimum atomic E-state index is -0.534. The van der Waals surface area contributed by atoms with Crippen LogP contribution in [0.5, 0.6) is 0 Å². The van der Waals surface area contributed by atoms with Crippen LogP contribution >= 0.6 is 0 Å². The maximum absolute atomic E-state index is 12.5. The van der Waals surface area contributed by atoms with Crippen LogP contribution in [0.3, 0.4) is 0 Å². The van der Waals surface area contributed by atoms with Crippen molar-refractivity contribution < 1.29 is 9.90 Å². The molecular weight excluding hydrogens is 380 g/mol. The molecule has 5 rings (SSSR count). The predicted molar refractivity (Wildman–Crippen MR) is 113 cm³/mol. The molecule has 5 N–H and O–H groups in total. The van der Waals surface area contributed by atoms with Crippen LogP contribution in [0.4, 0.5) is 11.6 Å². The molecule has 1 amide bonds. The van der Waals surface area contributed by atoms with Gasteiger partial charge in [0.15, 0.2) is 0 Å². The van der Waals surface area contributed by atoms with E-state index in [1.165, 1.54) is 11.9 Å². The number of carbonyl (C=O) groups is 1. The Kier molecular flexibility index (Phi) is 4.43. The zero-order chi connectivity index (χ0) is 20.7. The van der Waals surface area contributed by atoms with Gasteiger partial charge >= 0.3 is 0 Å². The number of anilines is 2. The second-order valence-electron chi connectivity index (χ2n) is 8.11. The number of carbonyl (C=O) groups excluding carboxylic acids is 1. The maximum Gasteiger partial charge on any atom is 0.252 e. The third-order valence-corrected chi connectivity index (χ3v) is 6.54. The van der Waals surface area contributed by atoms with E-state index in [1.54, 1.807) is 24.5 Å². The number of β-amino-alcohol motifs (C(OH)–C–C–N with tert-alkyl or cyclic N) is 1. The lowest BCUT2D eigenvalue weighted by molar-refractivity contribution is 0.0939. The lowest BCUT2D eigenvalue weighted by Crippen LogP contribution is -2.30. The van der Waals surface area contributed by atoms with E-state index in [-0.39, 0.29) is 23.2 Å². The number of H-pyrrole nitrogens is 1. The molecule has 3 heterocycles. The lowest BCUT2D eigenvalue weighted by Gasteiger charge is -2.17. The minimum Gasteiger partial charge on any atom is -0.391 e. The summed E-state index contributed by atoms with van der Waals surface area (Å²) in [5.74, 6) is 1.29. The largest absolute Gasteiger partial charge is 0.391 e. The van der Waals surface area contributed by atoms with Gasteiger partial charge in [0.2, 0.25) is 0 Å². The van der Waals surface area contributed by atoms with E-state index in [2.05, 4.69) is 37.3 Å². The van der Waals surface area contributed by atoms with Crippen LogP contribution in [-0.2, 0) is 0 Å². The number of aliphatic hydroxyl groups is 1. The number of nitrogens with one attached hydrogen (secondary N) is 2. The fraction of sp³-hybridized carbons (Fsp3) is 0.318. The highest BCUT2D eigenvalue weighted by molar-refractivity contribution is 5.94. The van der Waals surface area contributed by atoms with E-state index in [0.717, 1.165) is 0 Å². The molecule has 3 aromatic rings. The summed E-state index contributed by atoms with van der Waals surface area (Å²) in [6.45, 7) is 1.62. The van der Waals surface area contributed by atoms with Gasteiger partial charge < -0.3 is 26.0 Å². The Morgan fingerprint density at radius 3 is 2.87 bits per heavy atom. The van der Waals surface area contributed by atoms with Crippen LogP contribution in [0.25, 0.3) is 0 Å². The molecule has 8 heteroatoms. The number of aromatic amines is 1. The Balaban J connectivity index is 1.40. The number of nitrogens with two attached hydrogens (primary N) is 1. The van der Waals surface area contributed by atoms with Gasteiger partial charge in [-0.15, -0.1) is 0 Å². The molecule has 1 aliphatic heterocycles. The van der Waals surface area contributed by atoms with Crippen molar-refractivity contribution >= 4 is 17.5 Å². The summed E-state index contributed by atoms with van der Waals surface area (Å²) in [5, 5.41) is 14.2. The highest BCUT2D eigenvalue weighted by atomic mass is 16.3. The predicted octanol–water partition coefficient (Wildman–Crippen LogP) is 1.40. The first-order chi connectivity index (χ1) is 14.6. The van der Waals surface area contributed by atoms with Gasteiger partial charge in [-0.05, 0) is 23.5 Å². The third-order valence-electron chi connectivity index (χ3n) is 6.54. The summed E-state index contributed by atoms with van der Waals surface area (Å²) in [7, 11) is 0.